The number of nitrogens with one attached hydrogen (secondary N) is 1. The van der Waals surface area contributed by atoms with Crippen molar-refractivity contribution in [3.63, 3.8) is 0 Å². The second-order valence-corrected chi connectivity index (χ2v) is 10.8. The second kappa shape index (κ2) is 12.1. The first-order valence-corrected chi connectivity index (χ1v) is 13.9. The van der Waals surface area contributed by atoms with Crippen LogP contribution in [0.4, 0.5) is 10.8 Å². The highest BCUT2D eigenvalue weighted by Crippen LogP contribution is 2.32. The number of fused-ring (bicyclic) bond motifs is 1. The van der Waals surface area contributed by atoms with Gasteiger partial charge in [-0.1, -0.05) is 72.0 Å². The van der Waals surface area contributed by atoms with Crippen LogP contribution in [-0.4, -0.2) is 29.0 Å². The topological polar surface area (TPSA) is 88.5 Å². The van der Waals surface area contributed by atoms with E-state index in [0.717, 1.165) is 49.0 Å². The summed E-state index contributed by atoms with van der Waals surface area (Å²) in [5.74, 6) is -0.987. The van der Waals surface area contributed by atoms with Gasteiger partial charge in [0.15, 0.2) is 10.9 Å². The lowest BCUT2D eigenvalue weighted by molar-refractivity contribution is -0.141. The Hall–Kier alpha value is -4.49. The third kappa shape index (κ3) is 6.38. The van der Waals surface area contributed by atoms with E-state index in [9.17, 15) is 14.7 Å². The minimum Gasteiger partial charge on any atom is -0.497 e. The van der Waals surface area contributed by atoms with Gasteiger partial charge in [0.1, 0.15) is 5.75 Å². The van der Waals surface area contributed by atoms with Crippen LogP contribution in [0, 0.1) is 12.8 Å². The largest absolute Gasteiger partial charge is 0.497 e. The second-order valence-electron chi connectivity index (χ2n) is 9.77. The molecule has 1 unspecified atom stereocenters. The fourth-order valence-electron chi connectivity index (χ4n) is 4.74. The fourth-order valence-corrected chi connectivity index (χ4v) is 5.66. The van der Waals surface area contributed by atoms with Gasteiger partial charge in [-0.25, -0.2) is 4.98 Å². The molecule has 0 fully saturated rings. The number of hydrogen-bond acceptors (Lipinski definition) is 6. The molecule has 1 atom stereocenters. The normalized spacial score (nSPS) is 11.8. The highest BCUT2D eigenvalue weighted by Gasteiger charge is 2.23. The third-order valence-electron chi connectivity index (χ3n) is 7.00. The molecular weight excluding hydrogens is 520 g/mol. The Bertz CT molecular complexity index is 1640. The minimum atomic E-state index is -0.933. The molecule has 0 amide bonds. The number of carbonyl (C=O) groups is 2. The van der Waals surface area contributed by atoms with E-state index in [1.54, 1.807) is 18.4 Å². The number of aryl methyl sites for hydroxylation is 2. The summed E-state index contributed by atoms with van der Waals surface area (Å²) in [6, 6.07) is 29.4. The summed E-state index contributed by atoms with van der Waals surface area (Å²) >= 11 is 1.57. The summed E-state index contributed by atoms with van der Waals surface area (Å²) in [7, 11) is 1.65. The molecular formula is C33H30N2O4S. The Balaban J connectivity index is 1.24. The summed E-state index contributed by atoms with van der Waals surface area (Å²) in [6.45, 7) is 1.90. The number of aromatic nitrogens is 1. The highest BCUT2D eigenvalue weighted by molar-refractivity contribution is 7.22. The lowest BCUT2D eigenvalue weighted by Gasteiger charge is -2.14. The van der Waals surface area contributed by atoms with Crippen LogP contribution in [0.15, 0.2) is 91.0 Å². The van der Waals surface area contributed by atoms with Crippen molar-refractivity contribution in [2.24, 2.45) is 5.92 Å². The number of ether oxygens (including phenoxy) is 1. The van der Waals surface area contributed by atoms with Gasteiger partial charge in [0, 0.05) is 17.7 Å². The first-order chi connectivity index (χ1) is 19.4. The van der Waals surface area contributed by atoms with E-state index in [1.165, 1.54) is 0 Å². The predicted octanol–water partition coefficient (Wildman–Crippen LogP) is 7.93. The van der Waals surface area contributed by atoms with Gasteiger partial charge in [-0.3, -0.25) is 9.59 Å². The van der Waals surface area contributed by atoms with Crippen molar-refractivity contribution < 1.29 is 19.4 Å². The molecule has 6 nitrogen and oxygen atoms in total. The average Bonchev–Trinajstić information content (AvgIpc) is 3.37. The number of methoxy groups -OCH3 is 1. The van der Waals surface area contributed by atoms with Crippen LogP contribution in [0.3, 0.4) is 0 Å². The van der Waals surface area contributed by atoms with Crippen molar-refractivity contribution in [2.75, 3.05) is 12.4 Å². The summed E-state index contributed by atoms with van der Waals surface area (Å²) in [6.07, 6.45) is 1.04. The Morgan fingerprint density at radius 3 is 2.40 bits per heavy atom. The van der Waals surface area contributed by atoms with Crippen molar-refractivity contribution >= 4 is 44.1 Å². The number of anilines is 2. The molecule has 0 aliphatic rings. The number of nitrogens with zero attached hydrogens (tertiary/aromatic N) is 1. The first kappa shape index (κ1) is 27.1. The van der Waals surface area contributed by atoms with Crippen LogP contribution in [0.5, 0.6) is 5.75 Å². The molecule has 1 aromatic heterocycles. The Labute approximate surface area is 237 Å². The van der Waals surface area contributed by atoms with Gasteiger partial charge in [0.2, 0.25) is 0 Å². The van der Waals surface area contributed by atoms with Crippen molar-refractivity contribution in [3.05, 3.63) is 108 Å². The summed E-state index contributed by atoms with van der Waals surface area (Å²) < 4.78 is 6.35. The van der Waals surface area contributed by atoms with Crippen LogP contribution in [0.1, 0.15) is 34.3 Å². The zero-order valence-corrected chi connectivity index (χ0v) is 23.2. The van der Waals surface area contributed by atoms with Gasteiger partial charge in [-0.2, -0.15) is 0 Å². The van der Waals surface area contributed by atoms with Crippen molar-refractivity contribution in [1.82, 2.24) is 4.98 Å². The maximum absolute atomic E-state index is 13.1. The van der Waals surface area contributed by atoms with Crippen LogP contribution >= 0.6 is 11.3 Å². The highest BCUT2D eigenvalue weighted by atomic mass is 32.1. The Morgan fingerprint density at radius 1 is 0.950 bits per heavy atom. The third-order valence-corrected chi connectivity index (χ3v) is 7.93. The van der Waals surface area contributed by atoms with E-state index >= 15 is 0 Å². The number of carboxylic acids is 1. The van der Waals surface area contributed by atoms with E-state index < -0.39 is 11.9 Å². The monoisotopic (exact) mass is 550 g/mol. The molecule has 202 valence electrons. The fraction of sp³-hybridized carbons (Fsp3) is 0.182. The Morgan fingerprint density at radius 2 is 1.70 bits per heavy atom. The van der Waals surface area contributed by atoms with E-state index in [0.29, 0.717) is 18.4 Å². The van der Waals surface area contributed by atoms with Crippen LogP contribution in [0.25, 0.3) is 21.3 Å². The van der Waals surface area contributed by atoms with E-state index in [2.05, 4.69) is 10.3 Å². The molecule has 2 N–H and O–H groups in total. The number of hydrogen-bond donors (Lipinski definition) is 2. The molecule has 0 saturated heterocycles. The maximum atomic E-state index is 13.1. The zero-order valence-electron chi connectivity index (χ0n) is 22.4. The lowest BCUT2D eigenvalue weighted by atomic mass is 9.90. The zero-order chi connectivity index (χ0) is 28.1. The van der Waals surface area contributed by atoms with E-state index in [1.807, 2.05) is 97.9 Å². The van der Waals surface area contributed by atoms with Crippen LogP contribution in [0.2, 0.25) is 0 Å². The van der Waals surface area contributed by atoms with E-state index in [-0.39, 0.29) is 12.2 Å². The smallest absolute Gasteiger partial charge is 0.306 e. The van der Waals surface area contributed by atoms with Crippen molar-refractivity contribution in [1.29, 1.82) is 0 Å². The molecule has 5 aromatic rings. The molecule has 0 aliphatic carbocycles. The van der Waals surface area contributed by atoms with Gasteiger partial charge >= 0.3 is 5.97 Å². The number of rotatable bonds is 11. The van der Waals surface area contributed by atoms with Gasteiger partial charge in [0.05, 0.1) is 23.2 Å². The van der Waals surface area contributed by atoms with Gasteiger partial charge in [0.25, 0.3) is 0 Å². The van der Waals surface area contributed by atoms with Crippen LogP contribution in [-0.2, 0) is 11.2 Å². The maximum Gasteiger partial charge on any atom is 0.306 e. The molecule has 0 spiro atoms. The number of Topliss-reactive ketones (excluding diaryl/α,β-unsaturated/α-hetero) is 1. The number of ketones is 1. The predicted molar refractivity (Wildman–Crippen MR) is 161 cm³/mol. The Kier molecular flexibility index (Phi) is 8.22. The minimum absolute atomic E-state index is 0.0126. The number of benzene rings is 4. The number of aliphatic carboxylic acids is 1. The van der Waals surface area contributed by atoms with Gasteiger partial charge in [-0.15, -0.1) is 0 Å². The summed E-state index contributed by atoms with van der Waals surface area (Å²) in [4.78, 5) is 29.6. The molecule has 7 heteroatoms. The van der Waals surface area contributed by atoms with Crippen LogP contribution < -0.4 is 10.1 Å². The number of carbonyl (C=O) groups excluding carboxylic acids is 1. The molecule has 0 radical (unpaired) electrons. The van der Waals surface area contributed by atoms with E-state index in [4.69, 9.17) is 4.74 Å². The number of carboxylic acid groups (broad SMARTS) is 1. The molecule has 0 bridgehead atoms. The molecule has 40 heavy (non-hydrogen) atoms. The summed E-state index contributed by atoms with van der Waals surface area (Å²) in [5.41, 5.74) is 6.33. The molecule has 5 rings (SSSR count). The number of thiazole rings is 1. The molecule has 4 aromatic carbocycles. The van der Waals surface area contributed by atoms with Gasteiger partial charge in [-0.05, 0) is 72.4 Å². The average molecular weight is 551 g/mol. The van der Waals surface area contributed by atoms with Gasteiger partial charge < -0.3 is 15.2 Å². The quantitative estimate of drug-likeness (QED) is 0.162. The first-order valence-electron chi connectivity index (χ1n) is 13.1. The van der Waals surface area contributed by atoms with Crippen molar-refractivity contribution in [3.8, 4) is 16.9 Å². The lowest BCUT2D eigenvalue weighted by Crippen LogP contribution is -2.19. The summed E-state index contributed by atoms with van der Waals surface area (Å²) in [5, 5.41) is 13.9. The standard InChI is InChI=1S/C33H30N2O4S/c1-21-18-24(12-16-28(21)30(36)19-25(32(37)38)9-8-22-6-4-3-5-7-22)23-10-13-26(14-11-23)34-33-35-29-17-15-27(39-2)20-31(29)40-33/h3-7,10-18,20,25H,8-9,19H2,1-2H3,(H,34,35)(H,37,38). The molecule has 0 aliphatic heterocycles. The molecule has 0 saturated carbocycles. The van der Waals surface area contributed by atoms with Crippen molar-refractivity contribution in [2.45, 2.75) is 26.2 Å². The molecule has 1 heterocycles. The SMILES string of the molecule is COc1ccc2nc(Nc3ccc(-c4ccc(C(=O)CC(CCc5ccccc5)C(=O)O)c(C)c4)cc3)sc2c1.